The van der Waals surface area contributed by atoms with Crippen LogP contribution in [0.2, 0.25) is 0 Å². The summed E-state index contributed by atoms with van der Waals surface area (Å²) in [5, 5.41) is 8.04. The highest BCUT2D eigenvalue weighted by atomic mass is 16.5. The summed E-state index contributed by atoms with van der Waals surface area (Å²) in [5.41, 5.74) is 0.465. The normalized spacial score (nSPS) is 27.4. The maximum absolute atomic E-state index is 12.7. The molecule has 2 atom stereocenters. The van der Waals surface area contributed by atoms with Gasteiger partial charge in [-0.25, -0.2) is 0 Å². The minimum atomic E-state index is -0.157. The van der Waals surface area contributed by atoms with Gasteiger partial charge in [-0.15, -0.1) is 0 Å². The third-order valence-corrected chi connectivity index (χ3v) is 5.15. The number of aryl methyl sites for hydroxylation is 2. The van der Waals surface area contributed by atoms with E-state index in [-0.39, 0.29) is 11.3 Å². The maximum Gasteiger partial charge on any atom is 0.272 e. The topological polar surface area (TPSA) is 77.0 Å². The fraction of sp³-hybridized carbons (Fsp3) is 0.600. The second-order valence-electron chi connectivity index (χ2n) is 6.42. The van der Waals surface area contributed by atoms with Crippen molar-refractivity contribution < 1.29 is 9.32 Å². The lowest BCUT2D eigenvalue weighted by Gasteiger charge is -2.24. The van der Waals surface area contributed by atoms with E-state index < -0.39 is 0 Å². The van der Waals surface area contributed by atoms with Gasteiger partial charge in [-0.1, -0.05) is 11.6 Å². The van der Waals surface area contributed by atoms with Crippen molar-refractivity contribution in [1.29, 1.82) is 0 Å². The van der Waals surface area contributed by atoms with E-state index in [0.717, 1.165) is 25.8 Å². The van der Waals surface area contributed by atoms with Crippen LogP contribution < -0.4 is 0 Å². The van der Waals surface area contributed by atoms with Crippen LogP contribution in [0.4, 0.5) is 0 Å². The fourth-order valence-corrected chi connectivity index (χ4v) is 4.04. The van der Waals surface area contributed by atoms with E-state index in [1.165, 1.54) is 0 Å². The molecule has 2 aromatic heterocycles. The zero-order chi connectivity index (χ0) is 15.3. The van der Waals surface area contributed by atoms with Gasteiger partial charge in [-0.05, 0) is 31.7 Å². The number of fused-ring (bicyclic) bond motifs is 1. The van der Waals surface area contributed by atoms with E-state index in [1.54, 1.807) is 24.0 Å². The molecule has 2 aromatic rings. The van der Waals surface area contributed by atoms with Gasteiger partial charge in [0.25, 0.3) is 5.91 Å². The number of aromatic nitrogens is 4. The summed E-state index contributed by atoms with van der Waals surface area (Å²) < 4.78 is 7.10. The lowest BCUT2D eigenvalue weighted by molar-refractivity contribution is 0.0764. The van der Waals surface area contributed by atoms with Crippen LogP contribution in [0.25, 0.3) is 0 Å². The molecule has 7 heteroatoms. The van der Waals surface area contributed by atoms with E-state index in [0.29, 0.717) is 29.9 Å². The van der Waals surface area contributed by atoms with Gasteiger partial charge in [0, 0.05) is 26.3 Å². The molecule has 1 amide bonds. The van der Waals surface area contributed by atoms with Crippen LogP contribution in [0.3, 0.4) is 0 Å². The van der Waals surface area contributed by atoms with E-state index in [2.05, 4.69) is 15.2 Å². The summed E-state index contributed by atoms with van der Waals surface area (Å²) in [7, 11) is 1.79. The van der Waals surface area contributed by atoms with Crippen LogP contribution in [-0.2, 0) is 12.5 Å². The molecule has 3 heterocycles. The average Bonchev–Trinajstić information content (AvgIpc) is 3.19. The number of hydrogen-bond acceptors (Lipinski definition) is 5. The van der Waals surface area contributed by atoms with Crippen molar-refractivity contribution in [3.8, 4) is 0 Å². The Balaban J connectivity index is 1.65. The maximum atomic E-state index is 12.7. The van der Waals surface area contributed by atoms with Crippen molar-refractivity contribution in [3.05, 3.63) is 29.7 Å². The smallest absolute Gasteiger partial charge is 0.272 e. The van der Waals surface area contributed by atoms with Crippen molar-refractivity contribution >= 4 is 5.91 Å². The Morgan fingerprint density at radius 3 is 3.05 bits per heavy atom. The number of nitrogens with zero attached hydrogens (tertiary/aromatic N) is 5. The summed E-state index contributed by atoms with van der Waals surface area (Å²) in [6, 6.07) is 1.76. The highest BCUT2D eigenvalue weighted by molar-refractivity contribution is 5.92. The van der Waals surface area contributed by atoms with Crippen LogP contribution in [0.5, 0.6) is 0 Å². The molecule has 0 aromatic carbocycles. The highest BCUT2D eigenvalue weighted by Crippen LogP contribution is 2.50. The van der Waals surface area contributed by atoms with E-state index in [4.69, 9.17) is 4.52 Å². The van der Waals surface area contributed by atoms with Gasteiger partial charge in [0.1, 0.15) is 5.69 Å². The molecule has 116 valence electrons. The summed E-state index contributed by atoms with van der Waals surface area (Å²) in [5.74, 6) is 1.80. The summed E-state index contributed by atoms with van der Waals surface area (Å²) in [4.78, 5) is 19.1. The molecule has 2 aliphatic rings. The second-order valence-corrected chi connectivity index (χ2v) is 6.42. The number of carbonyl (C=O) groups is 1. The van der Waals surface area contributed by atoms with Gasteiger partial charge >= 0.3 is 0 Å². The van der Waals surface area contributed by atoms with Crippen molar-refractivity contribution in [1.82, 2.24) is 24.8 Å². The molecule has 2 fully saturated rings. The third kappa shape index (κ3) is 1.81. The van der Waals surface area contributed by atoms with Gasteiger partial charge in [-0.2, -0.15) is 10.1 Å². The minimum absolute atomic E-state index is 0.0324. The molecule has 0 unspecified atom stereocenters. The fourth-order valence-electron chi connectivity index (χ4n) is 4.04. The van der Waals surface area contributed by atoms with Gasteiger partial charge in [0.15, 0.2) is 5.82 Å². The number of rotatable bonds is 2. The highest BCUT2D eigenvalue weighted by Gasteiger charge is 2.55. The van der Waals surface area contributed by atoms with E-state index >= 15 is 0 Å². The van der Waals surface area contributed by atoms with E-state index in [9.17, 15) is 4.79 Å². The number of carbonyl (C=O) groups excluding carboxylic acids is 1. The molecule has 1 aliphatic carbocycles. The lowest BCUT2D eigenvalue weighted by atomic mass is 9.80. The van der Waals surface area contributed by atoms with Crippen LogP contribution >= 0.6 is 0 Å². The molecule has 22 heavy (non-hydrogen) atoms. The zero-order valence-electron chi connectivity index (χ0n) is 12.8. The SMILES string of the molecule is Cc1noc([C@]23CCC[C@H]2CN(C(=O)c2ccnn2C)C3)n1. The molecule has 0 N–H and O–H groups in total. The lowest BCUT2D eigenvalue weighted by Crippen LogP contribution is -2.35. The number of amides is 1. The van der Waals surface area contributed by atoms with Gasteiger partial charge in [0.2, 0.25) is 5.89 Å². The van der Waals surface area contributed by atoms with E-state index in [1.807, 2.05) is 11.8 Å². The third-order valence-electron chi connectivity index (χ3n) is 5.15. The molecule has 1 saturated heterocycles. The van der Waals surface area contributed by atoms with Crippen molar-refractivity contribution in [3.63, 3.8) is 0 Å². The Bertz CT molecular complexity index is 721. The summed E-state index contributed by atoms with van der Waals surface area (Å²) in [6.07, 6.45) is 4.92. The Labute approximate surface area is 128 Å². The van der Waals surface area contributed by atoms with Crippen molar-refractivity contribution in [2.45, 2.75) is 31.6 Å². The van der Waals surface area contributed by atoms with Crippen LogP contribution in [0, 0.1) is 12.8 Å². The molecule has 4 rings (SSSR count). The predicted molar refractivity (Wildman–Crippen MR) is 77.2 cm³/mol. The largest absolute Gasteiger partial charge is 0.339 e. The zero-order valence-corrected chi connectivity index (χ0v) is 12.8. The Morgan fingerprint density at radius 2 is 2.36 bits per heavy atom. The van der Waals surface area contributed by atoms with Crippen LogP contribution in [0.1, 0.15) is 41.5 Å². The van der Waals surface area contributed by atoms with Crippen LogP contribution in [0.15, 0.2) is 16.8 Å². The Hall–Kier alpha value is -2.18. The second kappa shape index (κ2) is 4.66. The summed E-state index contributed by atoms with van der Waals surface area (Å²) >= 11 is 0. The van der Waals surface area contributed by atoms with Gasteiger partial charge in [-0.3, -0.25) is 9.48 Å². The monoisotopic (exact) mass is 301 g/mol. The molecule has 0 bridgehead atoms. The first-order valence-electron chi connectivity index (χ1n) is 7.68. The molecule has 1 aliphatic heterocycles. The first-order chi connectivity index (χ1) is 10.6. The standard InChI is InChI=1S/C15H19N5O2/c1-10-17-14(22-18-10)15-6-3-4-11(15)8-20(9-15)13(21)12-5-7-16-19(12)2/h5,7,11H,3-4,6,8-9H2,1-2H3/t11-,15-/m0/s1. The molecular weight excluding hydrogens is 282 g/mol. The number of likely N-dealkylation sites (tertiary alicyclic amines) is 1. The first kappa shape index (κ1) is 13.5. The van der Waals surface area contributed by atoms with Gasteiger partial charge in [0.05, 0.1) is 5.41 Å². The summed E-state index contributed by atoms with van der Waals surface area (Å²) in [6.45, 7) is 3.25. The molecular formula is C15H19N5O2. The molecule has 0 spiro atoms. The molecule has 7 nitrogen and oxygen atoms in total. The Kier molecular flexibility index (Phi) is 2.85. The molecule has 0 radical (unpaired) electrons. The average molecular weight is 301 g/mol. The molecule has 1 saturated carbocycles. The Morgan fingerprint density at radius 1 is 1.50 bits per heavy atom. The van der Waals surface area contributed by atoms with Crippen molar-refractivity contribution in [2.75, 3.05) is 13.1 Å². The van der Waals surface area contributed by atoms with Crippen molar-refractivity contribution in [2.24, 2.45) is 13.0 Å². The minimum Gasteiger partial charge on any atom is -0.339 e. The number of hydrogen-bond donors (Lipinski definition) is 0. The first-order valence-corrected chi connectivity index (χ1v) is 7.68. The van der Waals surface area contributed by atoms with Crippen LogP contribution in [-0.4, -0.2) is 43.8 Å². The quantitative estimate of drug-likeness (QED) is 0.835. The van der Waals surface area contributed by atoms with Gasteiger partial charge < -0.3 is 9.42 Å². The predicted octanol–water partition coefficient (Wildman–Crippen LogP) is 1.31.